The molecule has 1 aliphatic heterocycles. The number of carbonyl (C=O) groups is 1. The predicted molar refractivity (Wildman–Crippen MR) is 101 cm³/mol. The second-order valence-electron chi connectivity index (χ2n) is 7.20. The fraction of sp³-hybridized carbons (Fsp3) is 0.611. The molecule has 1 amide bonds. The molecule has 144 valence electrons. The van der Waals surface area contributed by atoms with Crippen LogP contribution in [0.25, 0.3) is 0 Å². The maximum atomic E-state index is 12.8. The van der Waals surface area contributed by atoms with E-state index in [9.17, 15) is 13.2 Å². The van der Waals surface area contributed by atoms with Gasteiger partial charge in [0, 0.05) is 6.04 Å². The fourth-order valence-corrected chi connectivity index (χ4v) is 5.76. The molecule has 1 aromatic rings. The van der Waals surface area contributed by atoms with Crippen molar-refractivity contribution in [2.24, 2.45) is 0 Å². The Morgan fingerprint density at radius 3 is 2.46 bits per heavy atom. The van der Waals surface area contributed by atoms with E-state index in [0.29, 0.717) is 32.2 Å². The van der Waals surface area contributed by atoms with Crippen molar-refractivity contribution < 1.29 is 18.1 Å². The second kappa shape index (κ2) is 8.25. The minimum atomic E-state index is -3.59. The Labute approximate surface area is 160 Å². The number of benzene rings is 1. The maximum absolute atomic E-state index is 12.8. The highest BCUT2D eigenvalue weighted by Gasteiger charge is 2.35. The van der Waals surface area contributed by atoms with Crippen LogP contribution >= 0.6 is 11.6 Å². The molecule has 0 radical (unpaired) electrons. The molecule has 1 saturated carbocycles. The van der Waals surface area contributed by atoms with Gasteiger partial charge in [0.1, 0.15) is 4.90 Å². The van der Waals surface area contributed by atoms with E-state index in [0.717, 1.165) is 17.7 Å². The molecular formula is C18H27ClN3O3S+. The van der Waals surface area contributed by atoms with Crippen LogP contribution in [0.15, 0.2) is 29.2 Å². The highest BCUT2D eigenvalue weighted by atomic mass is 35.5. The topological polar surface area (TPSA) is 70.9 Å². The van der Waals surface area contributed by atoms with E-state index in [1.165, 1.54) is 23.2 Å². The van der Waals surface area contributed by atoms with E-state index >= 15 is 0 Å². The van der Waals surface area contributed by atoms with Gasteiger partial charge in [-0.3, -0.25) is 4.79 Å². The molecule has 0 spiro atoms. The van der Waals surface area contributed by atoms with Crippen molar-refractivity contribution in [2.75, 3.05) is 26.2 Å². The zero-order valence-electron chi connectivity index (χ0n) is 15.1. The third-order valence-electron chi connectivity index (χ3n) is 5.53. The lowest BCUT2D eigenvalue weighted by Gasteiger charge is -2.34. The van der Waals surface area contributed by atoms with Gasteiger partial charge in [-0.2, -0.15) is 4.31 Å². The van der Waals surface area contributed by atoms with Gasteiger partial charge in [0.05, 0.1) is 31.2 Å². The van der Waals surface area contributed by atoms with E-state index in [1.54, 1.807) is 18.2 Å². The number of carbonyl (C=O) groups excluding carboxylic acids is 1. The van der Waals surface area contributed by atoms with Gasteiger partial charge >= 0.3 is 0 Å². The summed E-state index contributed by atoms with van der Waals surface area (Å²) in [5.41, 5.74) is 0. The first-order valence-corrected chi connectivity index (χ1v) is 11.1. The van der Waals surface area contributed by atoms with E-state index in [-0.39, 0.29) is 21.9 Å². The lowest BCUT2D eigenvalue weighted by atomic mass is 10.2. The van der Waals surface area contributed by atoms with E-state index in [2.05, 4.69) is 5.32 Å². The molecule has 1 aliphatic carbocycles. The van der Waals surface area contributed by atoms with Crippen molar-refractivity contribution in [3.63, 3.8) is 0 Å². The van der Waals surface area contributed by atoms with Gasteiger partial charge in [-0.25, -0.2) is 8.42 Å². The molecule has 3 rings (SSSR count). The Balaban J connectivity index is 1.58. The molecule has 8 heteroatoms. The molecule has 2 N–H and O–H groups in total. The minimum absolute atomic E-state index is 0.0781. The summed E-state index contributed by atoms with van der Waals surface area (Å²) in [4.78, 5) is 13.7. The number of quaternary nitrogens is 1. The molecule has 2 fully saturated rings. The SMILES string of the molecule is C[C@@H](C(=O)NC1CCCC1)[NH+]1CCN(S(=O)(=O)c2ccccc2Cl)CC1. The number of nitrogens with zero attached hydrogens (tertiary/aromatic N) is 1. The summed E-state index contributed by atoms with van der Waals surface area (Å²) >= 11 is 6.07. The molecular weight excluding hydrogens is 374 g/mol. The van der Waals surface area contributed by atoms with Crippen LogP contribution in [0.5, 0.6) is 0 Å². The Hall–Kier alpha value is -1.15. The smallest absolute Gasteiger partial charge is 0.278 e. The summed E-state index contributed by atoms with van der Waals surface area (Å²) in [6, 6.07) is 6.66. The predicted octanol–water partition coefficient (Wildman–Crippen LogP) is 0.677. The minimum Gasteiger partial charge on any atom is -0.348 e. The second-order valence-corrected chi connectivity index (χ2v) is 9.52. The molecule has 2 aliphatic rings. The van der Waals surface area contributed by atoms with Crippen molar-refractivity contribution >= 4 is 27.5 Å². The van der Waals surface area contributed by atoms with Crippen molar-refractivity contribution in [3.8, 4) is 0 Å². The lowest BCUT2D eigenvalue weighted by Crippen LogP contribution is -3.19. The monoisotopic (exact) mass is 400 g/mol. The number of sulfonamides is 1. The first-order valence-electron chi connectivity index (χ1n) is 9.29. The Morgan fingerprint density at radius 2 is 1.85 bits per heavy atom. The first kappa shape index (κ1) is 19.6. The number of piperazine rings is 1. The van der Waals surface area contributed by atoms with Gasteiger partial charge in [-0.15, -0.1) is 0 Å². The van der Waals surface area contributed by atoms with Crippen molar-refractivity contribution in [3.05, 3.63) is 29.3 Å². The van der Waals surface area contributed by atoms with E-state index < -0.39 is 10.0 Å². The zero-order valence-corrected chi connectivity index (χ0v) is 16.7. The standard InChI is InChI=1S/C18H26ClN3O3S/c1-14(18(23)20-15-6-2-3-7-15)21-10-12-22(13-11-21)26(24,25)17-9-5-4-8-16(17)19/h4-5,8-9,14-15H,2-3,6-7,10-13H2,1H3,(H,20,23)/p+1/t14-/m0/s1. The number of halogens is 1. The Morgan fingerprint density at radius 1 is 1.23 bits per heavy atom. The van der Waals surface area contributed by atoms with Crippen LogP contribution in [0.2, 0.25) is 5.02 Å². The Kier molecular flexibility index (Phi) is 6.22. The third-order valence-corrected chi connectivity index (χ3v) is 7.92. The maximum Gasteiger partial charge on any atom is 0.278 e. The fourth-order valence-electron chi connectivity index (χ4n) is 3.82. The Bertz CT molecular complexity index is 742. The van der Waals surface area contributed by atoms with E-state index in [1.807, 2.05) is 6.92 Å². The third kappa shape index (κ3) is 4.22. The number of nitrogens with one attached hydrogen (secondary N) is 2. The molecule has 0 unspecified atom stereocenters. The van der Waals surface area contributed by atoms with Crippen LogP contribution in [0, 0.1) is 0 Å². The van der Waals surface area contributed by atoms with Gasteiger partial charge in [-0.05, 0) is 31.9 Å². The normalized spacial score (nSPS) is 21.6. The highest BCUT2D eigenvalue weighted by molar-refractivity contribution is 7.89. The summed E-state index contributed by atoms with van der Waals surface area (Å²) < 4.78 is 27.1. The zero-order chi connectivity index (χ0) is 18.7. The van der Waals surface area contributed by atoms with Crippen molar-refractivity contribution in [1.82, 2.24) is 9.62 Å². The number of hydrogen-bond donors (Lipinski definition) is 2. The van der Waals surface area contributed by atoms with Gasteiger partial charge in [0.25, 0.3) is 5.91 Å². The quantitative estimate of drug-likeness (QED) is 0.763. The van der Waals surface area contributed by atoms with E-state index in [4.69, 9.17) is 11.6 Å². The molecule has 0 bridgehead atoms. The summed E-state index contributed by atoms with van der Waals surface area (Å²) in [5, 5.41) is 3.38. The van der Waals surface area contributed by atoms with Crippen molar-refractivity contribution in [2.45, 2.75) is 49.6 Å². The number of hydrogen-bond acceptors (Lipinski definition) is 3. The van der Waals surface area contributed by atoms with Gasteiger partial charge in [-0.1, -0.05) is 36.6 Å². The molecule has 0 aromatic heterocycles. The first-order chi connectivity index (χ1) is 12.4. The van der Waals surface area contributed by atoms with Gasteiger partial charge in [0.15, 0.2) is 6.04 Å². The summed E-state index contributed by atoms with van der Waals surface area (Å²) in [6.07, 6.45) is 4.50. The molecule has 1 atom stereocenters. The summed E-state index contributed by atoms with van der Waals surface area (Å²) in [7, 11) is -3.59. The molecule has 1 heterocycles. The van der Waals surface area contributed by atoms with Gasteiger partial charge < -0.3 is 10.2 Å². The van der Waals surface area contributed by atoms with Crippen LogP contribution < -0.4 is 10.2 Å². The molecule has 1 aromatic carbocycles. The van der Waals surface area contributed by atoms with Crippen LogP contribution in [0.3, 0.4) is 0 Å². The average molecular weight is 401 g/mol. The van der Waals surface area contributed by atoms with Gasteiger partial charge in [0.2, 0.25) is 10.0 Å². The molecule has 6 nitrogen and oxygen atoms in total. The highest BCUT2D eigenvalue weighted by Crippen LogP contribution is 2.24. The van der Waals surface area contributed by atoms with Crippen LogP contribution in [-0.4, -0.2) is 56.9 Å². The summed E-state index contributed by atoms with van der Waals surface area (Å²) in [5.74, 6) is 0.0781. The lowest BCUT2D eigenvalue weighted by molar-refractivity contribution is -0.917. The van der Waals surface area contributed by atoms with Crippen LogP contribution in [0.1, 0.15) is 32.6 Å². The van der Waals surface area contributed by atoms with Crippen LogP contribution in [-0.2, 0) is 14.8 Å². The largest absolute Gasteiger partial charge is 0.348 e. The molecule has 26 heavy (non-hydrogen) atoms. The van der Waals surface area contributed by atoms with Crippen LogP contribution in [0.4, 0.5) is 0 Å². The average Bonchev–Trinajstić information content (AvgIpc) is 3.14. The number of amides is 1. The molecule has 1 saturated heterocycles. The van der Waals surface area contributed by atoms with Crippen molar-refractivity contribution in [1.29, 1.82) is 0 Å². The number of rotatable bonds is 5. The summed E-state index contributed by atoms with van der Waals surface area (Å²) in [6.45, 7) is 3.94.